The molecule has 1 aromatic heterocycles. The number of piperidine rings is 1. The van der Waals surface area contributed by atoms with Gasteiger partial charge in [-0.15, -0.1) is 0 Å². The summed E-state index contributed by atoms with van der Waals surface area (Å²) in [6.45, 7) is 4.14. The molecule has 5 heteroatoms. The summed E-state index contributed by atoms with van der Waals surface area (Å²) < 4.78 is 5.47. The largest absolute Gasteiger partial charge is 0.484 e. The van der Waals surface area contributed by atoms with Crippen LogP contribution in [0.3, 0.4) is 0 Å². The molecule has 0 radical (unpaired) electrons. The van der Waals surface area contributed by atoms with Crippen molar-refractivity contribution < 1.29 is 9.53 Å². The highest BCUT2D eigenvalue weighted by Gasteiger charge is 2.11. The number of nitrogens with one attached hydrogen (secondary N) is 1. The van der Waals surface area contributed by atoms with Crippen LogP contribution in [0.25, 0.3) is 0 Å². The highest BCUT2D eigenvalue weighted by atomic mass is 16.5. The minimum atomic E-state index is -0.214. The van der Waals surface area contributed by atoms with Gasteiger partial charge in [0, 0.05) is 13.1 Å². The van der Waals surface area contributed by atoms with Crippen LogP contribution < -0.4 is 15.0 Å². The number of benzene rings is 1. The predicted octanol–water partition coefficient (Wildman–Crippen LogP) is 3.40. The number of nitrogens with zero attached hydrogens (tertiary/aromatic N) is 2. The quantitative estimate of drug-likeness (QED) is 0.915. The number of amides is 1. The molecule has 2 heterocycles. The lowest BCUT2D eigenvalue weighted by Crippen LogP contribution is -2.29. The molecule has 5 nitrogen and oxygen atoms in total. The Labute approximate surface area is 142 Å². The van der Waals surface area contributed by atoms with Gasteiger partial charge in [0.1, 0.15) is 11.6 Å². The van der Waals surface area contributed by atoms with Gasteiger partial charge in [0.05, 0.1) is 11.9 Å². The molecule has 24 heavy (non-hydrogen) atoms. The number of hydrogen-bond donors (Lipinski definition) is 1. The molecule has 0 bridgehead atoms. The summed E-state index contributed by atoms with van der Waals surface area (Å²) in [6.07, 6.45) is 5.59. The molecular weight excluding hydrogens is 302 g/mol. The van der Waals surface area contributed by atoms with Crippen molar-refractivity contribution in [1.29, 1.82) is 0 Å². The number of pyridine rings is 1. The fourth-order valence-corrected chi connectivity index (χ4v) is 2.76. The maximum atomic E-state index is 12.0. The third-order valence-corrected chi connectivity index (χ3v) is 4.13. The first-order valence-corrected chi connectivity index (χ1v) is 8.41. The Balaban J connectivity index is 1.49. The van der Waals surface area contributed by atoms with E-state index in [1.54, 1.807) is 0 Å². The molecule has 1 N–H and O–H groups in total. The first kappa shape index (κ1) is 16.3. The standard InChI is InChI=1S/C19H23N3O2/c1-15-5-8-17(9-6-15)24-14-19(23)21-18-10-7-16(13-20-18)22-11-3-2-4-12-22/h5-10,13H,2-4,11-12,14H2,1H3,(H,20,21,23). The van der Waals surface area contributed by atoms with E-state index in [-0.39, 0.29) is 12.5 Å². The molecule has 2 aromatic rings. The van der Waals surface area contributed by atoms with E-state index < -0.39 is 0 Å². The minimum absolute atomic E-state index is 0.0291. The van der Waals surface area contributed by atoms with E-state index in [2.05, 4.69) is 15.2 Å². The fourth-order valence-electron chi connectivity index (χ4n) is 2.76. The Hall–Kier alpha value is -2.56. The number of aromatic nitrogens is 1. The van der Waals surface area contributed by atoms with Crippen LogP contribution in [0.15, 0.2) is 42.6 Å². The summed E-state index contributed by atoms with van der Waals surface area (Å²) in [5.74, 6) is 1.02. The number of hydrogen-bond acceptors (Lipinski definition) is 4. The van der Waals surface area contributed by atoms with E-state index >= 15 is 0 Å². The lowest BCUT2D eigenvalue weighted by molar-refractivity contribution is -0.118. The van der Waals surface area contributed by atoms with E-state index in [4.69, 9.17) is 4.74 Å². The topological polar surface area (TPSA) is 54.5 Å². The van der Waals surface area contributed by atoms with Gasteiger partial charge >= 0.3 is 0 Å². The Morgan fingerprint density at radius 3 is 2.54 bits per heavy atom. The average molecular weight is 325 g/mol. The van der Waals surface area contributed by atoms with Crippen molar-refractivity contribution in [3.8, 4) is 5.75 Å². The first-order chi connectivity index (χ1) is 11.7. The average Bonchev–Trinajstić information content (AvgIpc) is 2.63. The third-order valence-electron chi connectivity index (χ3n) is 4.13. The summed E-state index contributed by atoms with van der Waals surface area (Å²) in [4.78, 5) is 18.6. The third kappa shape index (κ3) is 4.47. The van der Waals surface area contributed by atoms with E-state index in [0.29, 0.717) is 11.6 Å². The van der Waals surface area contributed by atoms with Gasteiger partial charge in [-0.05, 0) is 50.5 Å². The van der Waals surface area contributed by atoms with Crippen molar-refractivity contribution in [2.75, 3.05) is 29.9 Å². The Morgan fingerprint density at radius 2 is 1.88 bits per heavy atom. The minimum Gasteiger partial charge on any atom is -0.484 e. The van der Waals surface area contributed by atoms with Crippen LogP contribution >= 0.6 is 0 Å². The maximum absolute atomic E-state index is 12.0. The summed E-state index contributed by atoms with van der Waals surface area (Å²) in [5.41, 5.74) is 2.27. The van der Waals surface area contributed by atoms with Gasteiger partial charge in [-0.3, -0.25) is 4.79 Å². The smallest absolute Gasteiger partial charge is 0.263 e. The lowest BCUT2D eigenvalue weighted by Gasteiger charge is -2.28. The highest BCUT2D eigenvalue weighted by molar-refractivity contribution is 5.91. The Morgan fingerprint density at radius 1 is 1.12 bits per heavy atom. The predicted molar refractivity (Wildman–Crippen MR) is 95.6 cm³/mol. The second-order valence-corrected chi connectivity index (χ2v) is 6.10. The van der Waals surface area contributed by atoms with Gasteiger partial charge in [0.15, 0.2) is 6.61 Å². The summed E-state index contributed by atoms with van der Waals surface area (Å²) in [7, 11) is 0. The van der Waals surface area contributed by atoms with Crippen molar-refractivity contribution in [3.05, 3.63) is 48.2 Å². The molecule has 1 aliphatic rings. The number of anilines is 2. The molecule has 0 saturated carbocycles. The number of carbonyl (C=O) groups is 1. The molecule has 0 atom stereocenters. The monoisotopic (exact) mass is 325 g/mol. The second-order valence-electron chi connectivity index (χ2n) is 6.10. The molecule has 0 aliphatic carbocycles. The number of rotatable bonds is 5. The maximum Gasteiger partial charge on any atom is 0.263 e. The normalized spacial score (nSPS) is 14.3. The summed E-state index contributed by atoms with van der Waals surface area (Å²) in [5, 5.41) is 2.76. The Kier molecular flexibility index (Phi) is 5.31. The summed E-state index contributed by atoms with van der Waals surface area (Å²) >= 11 is 0. The zero-order valence-corrected chi connectivity index (χ0v) is 14.0. The van der Waals surface area contributed by atoms with Crippen LogP contribution in [-0.4, -0.2) is 30.6 Å². The number of aryl methyl sites for hydroxylation is 1. The van der Waals surface area contributed by atoms with E-state index in [1.807, 2.05) is 49.5 Å². The van der Waals surface area contributed by atoms with Crippen LogP contribution in [0.5, 0.6) is 5.75 Å². The van der Waals surface area contributed by atoms with Crippen molar-refractivity contribution >= 4 is 17.4 Å². The molecule has 1 fully saturated rings. The zero-order valence-electron chi connectivity index (χ0n) is 14.0. The van der Waals surface area contributed by atoms with Crippen LogP contribution in [-0.2, 0) is 4.79 Å². The molecule has 3 rings (SSSR count). The van der Waals surface area contributed by atoms with Gasteiger partial charge in [0.25, 0.3) is 5.91 Å². The van der Waals surface area contributed by atoms with Gasteiger partial charge in [-0.1, -0.05) is 17.7 Å². The SMILES string of the molecule is Cc1ccc(OCC(=O)Nc2ccc(N3CCCCC3)cn2)cc1. The molecule has 0 unspecified atom stereocenters. The molecule has 126 valence electrons. The molecule has 1 aromatic carbocycles. The highest BCUT2D eigenvalue weighted by Crippen LogP contribution is 2.20. The van der Waals surface area contributed by atoms with E-state index in [1.165, 1.54) is 19.3 Å². The van der Waals surface area contributed by atoms with E-state index in [0.717, 1.165) is 24.3 Å². The van der Waals surface area contributed by atoms with Gasteiger partial charge in [-0.2, -0.15) is 0 Å². The Bertz CT molecular complexity index is 662. The first-order valence-electron chi connectivity index (χ1n) is 8.41. The number of ether oxygens (including phenoxy) is 1. The second kappa shape index (κ2) is 7.81. The van der Waals surface area contributed by atoms with Crippen LogP contribution in [0.1, 0.15) is 24.8 Å². The molecule has 0 spiro atoms. The fraction of sp³-hybridized carbons (Fsp3) is 0.368. The van der Waals surface area contributed by atoms with Gasteiger partial charge in [-0.25, -0.2) is 4.98 Å². The molecular formula is C19H23N3O2. The van der Waals surface area contributed by atoms with Crippen LogP contribution in [0.4, 0.5) is 11.5 Å². The zero-order chi connectivity index (χ0) is 16.8. The van der Waals surface area contributed by atoms with Gasteiger partial charge in [0.2, 0.25) is 0 Å². The number of carbonyl (C=O) groups excluding carboxylic acids is 1. The van der Waals surface area contributed by atoms with Crippen molar-refractivity contribution in [3.63, 3.8) is 0 Å². The van der Waals surface area contributed by atoms with Crippen molar-refractivity contribution in [1.82, 2.24) is 4.98 Å². The summed E-state index contributed by atoms with van der Waals surface area (Å²) in [6, 6.07) is 11.5. The lowest BCUT2D eigenvalue weighted by atomic mass is 10.1. The van der Waals surface area contributed by atoms with Crippen molar-refractivity contribution in [2.45, 2.75) is 26.2 Å². The van der Waals surface area contributed by atoms with E-state index in [9.17, 15) is 4.79 Å². The molecule has 1 saturated heterocycles. The molecule has 1 amide bonds. The van der Waals surface area contributed by atoms with Crippen LogP contribution in [0, 0.1) is 6.92 Å². The van der Waals surface area contributed by atoms with Gasteiger partial charge < -0.3 is 15.0 Å². The van der Waals surface area contributed by atoms with Crippen molar-refractivity contribution in [2.24, 2.45) is 0 Å². The molecule has 1 aliphatic heterocycles. The van der Waals surface area contributed by atoms with Crippen LogP contribution in [0.2, 0.25) is 0 Å².